The monoisotopic (exact) mass is 268 g/mol. The van der Waals surface area contributed by atoms with Gasteiger partial charge in [0.2, 0.25) is 11.8 Å². The summed E-state index contributed by atoms with van der Waals surface area (Å²) in [4.78, 5) is 39.3. The van der Waals surface area contributed by atoms with Crippen molar-refractivity contribution < 1.29 is 19.5 Å². The molecule has 0 spiro atoms. The molecule has 1 saturated heterocycles. The second-order valence-corrected chi connectivity index (χ2v) is 4.86. The van der Waals surface area contributed by atoms with E-state index in [1.54, 1.807) is 5.38 Å². The number of thiazole rings is 1. The standard InChI is InChI=1S/C11H12N2O4S/c14-8-3-1-2-4-9(15)13(8)11-12-7(6-18-11)5-10(16)17/h6H,1-5H2,(H,16,17). The summed E-state index contributed by atoms with van der Waals surface area (Å²) >= 11 is 1.12. The maximum atomic E-state index is 11.8. The highest BCUT2D eigenvalue weighted by molar-refractivity contribution is 7.14. The van der Waals surface area contributed by atoms with Crippen molar-refractivity contribution in [1.82, 2.24) is 4.98 Å². The Morgan fingerprint density at radius 3 is 2.50 bits per heavy atom. The van der Waals surface area contributed by atoms with Crippen LogP contribution < -0.4 is 4.90 Å². The summed E-state index contributed by atoms with van der Waals surface area (Å²) < 4.78 is 0. The highest BCUT2D eigenvalue weighted by atomic mass is 32.1. The van der Waals surface area contributed by atoms with E-state index in [9.17, 15) is 14.4 Å². The fourth-order valence-corrected chi connectivity index (χ4v) is 2.62. The number of aliphatic carboxylic acids is 1. The third-order valence-electron chi connectivity index (χ3n) is 2.59. The SMILES string of the molecule is O=C(O)Cc1csc(N2C(=O)CCCCC2=O)n1. The summed E-state index contributed by atoms with van der Waals surface area (Å²) in [6, 6.07) is 0. The summed E-state index contributed by atoms with van der Waals surface area (Å²) in [6.07, 6.45) is 1.87. The Morgan fingerprint density at radius 1 is 1.33 bits per heavy atom. The molecule has 0 saturated carbocycles. The Labute approximate surface area is 107 Å². The molecule has 96 valence electrons. The van der Waals surface area contributed by atoms with E-state index in [2.05, 4.69) is 4.98 Å². The van der Waals surface area contributed by atoms with Gasteiger partial charge in [0.25, 0.3) is 0 Å². The van der Waals surface area contributed by atoms with Crippen LogP contribution in [0.25, 0.3) is 0 Å². The number of anilines is 1. The number of amides is 2. The molecule has 0 radical (unpaired) electrons. The van der Waals surface area contributed by atoms with Crippen molar-refractivity contribution in [2.75, 3.05) is 4.90 Å². The Bertz CT molecular complexity index is 479. The van der Waals surface area contributed by atoms with E-state index in [4.69, 9.17) is 5.11 Å². The van der Waals surface area contributed by atoms with Crippen LogP contribution in [0.2, 0.25) is 0 Å². The highest BCUT2D eigenvalue weighted by Crippen LogP contribution is 2.25. The van der Waals surface area contributed by atoms with Gasteiger partial charge in [0.1, 0.15) is 0 Å². The van der Waals surface area contributed by atoms with Crippen LogP contribution in [-0.4, -0.2) is 27.9 Å². The van der Waals surface area contributed by atoms with Gasteiger partial charge in [-0.1, -0.05) is 0 Å². The van der Waals surface area contributed by atoms with Gasteiger partial charge >= 0.3 is 5.97 Å². The van der Waals surface area contributed by atoms with Gasteiger partial charge in [-0.2, -0.15) is 0 Å². The van der Waals surface area contributed by atoms with Crippen LogP contribution in [-0.2, 0) is 20.8 Å². The van der Waals surface area contributed by atoms with Crippen molar-refractivity contribution in [3.63, 3.8) is 0 Å². The van der Waals surface area contributed by atoms with E-state index < -0.39 is 5.97 Å². The van der Waals surface area contributed by atoms with Crippen molar-refractivity contribution in [1.29, 1.82) is 0 Å². The summed E-state index contributed by atoms with van der Waals surface area (Å²) in [5.41, 5.74) is 0.368. The first-order valence-corrected chi connectivity index (χ1v) is 6.48. The summed E-state index contributed by atoms with van der Waals surface area (Å²) in [5.74, 6) is -1.50. The predicted octanol–water partition coefficient (Wildman–Crippen LogP) is 1.20. The van der Waals surface area contributed by atoms with Gasteiger partial charge in [-0.15, -0.1) is 11.3 Å². The molecule has 1 aromatic heterocycles. The normalized spacial score (nSPS) is 16.8. The van der Waals surface area contributed by atoms with Crippen LogP contribution in [0, 0.1) is 0 Å². The first kappa shape index (κ1) is 12.7. The third kappa shape index (κ3) is 2.73. The fourth-order valence-electron chi connectivity index (χ4n) is 1.76. The lowest BCUT2D eigenvalue weighted by atomic mass is 10.2. The minimum absolute atomic E-state index is 0.202. The molecule has 1 fully saturated rings. The molecular weight excluding hydrogens is 256 g/mol. The van der Waals surface area contributed by atoms with Crippen LogP contribution in [0.5, 0.6) is 0 Å². The molecule has 2 amide bonds. The molecule has 0 bridgehead atoms. The zero-order valence-corrected chi connectivity index (χ0v) is 10.4. The minimum Gasteiger partial charge on any atom is -0.481 e. The predicted molar refractivity (Wildman–Crippen MR) is 64.4 cm³/mol. The molecule has 1 aromatic rings. The second-order valence-electron chi connectivity index (χ2n) is 4.02. The zero-order valence-electron chi connectivity index (χ0n) is 9.59. The number of imide groups is 1. The quantitative estimate of drug-likeness (QED) is 0.832. The summed E-state index contributed by atoms with van der Waals surface area (Å²) in [6.45, 7) is 0. The number of carbonyl (C=O) groups is 3. The summed E-state index contributed by atoms with van der Waals surface area (Å²) in [7, 11) is 0. The largest absolute Gasteiger partial charge is 0.481 e. The molecule has 1 aliphatic heterocycles. The van der Waals surface area contributed by atoms with Crippen molar-refractivity contribution in [2.24, 2.45) is 0 Å². The van der Waals surface area contributed by atoms with Crippen LogP contribution >= 0.6 is 11.3 Å². The molecule has 18 heavy (non-hydrogen) atoms. The summed E-state index contributed by atoms with van der Waals surface area (Å²) in [5, 5.41) is 10.5. The molecular formula is C11H12N2O4S. The van der Waals surface area contributed by atoms with Crippen molar-refractivity contribution in [3.8, 4) is 0 Å². The van der Waals surface area contributed by atoms with E-state index in [1.807, 2.05) is 0 Å². The maximum Gasteiger partial charge on any atom is 0.309 e. The third-order valence-corrected chi connectivity index (χ3v) is 3.47. The average Bonchev–Trinajstić information content (AvgIpc) is 2.65. The number of carboxylic acid groups (broad SMARTS) is 1. The Morgan fingerprint density at radius 2 is 1.94 bits per heavy atom. The van der Waals surface area contributed by atoms with E-state index in [0.717, 1.165) is 16.2 Å². The van der Waals surface area contributed by atoms with Gasteiger partial charge in [0, 0.05) is 18.2 Å². The Hall–Kier alpha value is -1.76. The van der Waals surface area contributed by atoms with E-state index in [-0.39, 0.29) is 23.4 Å². The molecule has 2 heterocycles. The van der Waals surface area contributed by atoms with Gasteiger partial charge in [-0.3, -0.25) is 14.4 Å². The van der Waals surface area contributed by atoms with Crippen molar-refractivity contribution in [3.05, 3.63) is 11.1 Å². The lowest BCUT2D eigenvalue weighted by Gasteiger charge is -2.14. The van der Waals surface area contributed by atoms with Crippen molar-refractivity contribution >= 4 is 34.3 Å². The Balaban J connectivity index is 2.22. The lowest BCUT2D eigenvalue weighted by Crippen LogP contribution is -2.35. The first-order chi connectivity index (χ1) is 8.58. The Kier molecular flexibility index (Phi) is 3.71. The smallest absolute Gasteiger partial charge is 0.309 e. The molecule has 7 heteroatoms. The lowest BCUT2D eigenvalue weighted by molar-refractivity contribution is -0.136. The van der Waals surface area contributed by atoms with E-state index in [0.29, 0.717) is 31.4 Å². The van der Waals surface area contributed by atoms with Gasteiger partial charge in [-0.05, 0) is 12.8 Å². The van der Waals surface area contributed by atoms with Gasteiger partial charge in [0.15, 0.2) is 5.13 Å². The van der Waals surface area contributed by atoms with Gasteiger partial charge in [-0.25, -0.2) is 9.88 Å². The number of nitrogens with zero attached hydrogens (tertiary/aromatic N) is 2. The highest BCUT2D eigenvalue weighted by Gasteiger charge is 2.28. The molecule has 1 N–H and O–H groups in total. The maximum absolute atomic E-state index is 11.8. The zero-order chi connectivity index (χ0) is 13.1. The van der Waals surface area contributed by atoms with Gasteiger partial charge in [0.05, 0.1) is 12.1 Å². The van der Waals surface area contributed by atoms with E-state index >= 15 is 0 Å². The molecule has 6 nitrogen and oxygen atoms in total. The number of rotatable bonds is 3. The first-order valence-electron chi connectivity index (χ1n) is 5.60. The second kappa shape index (κ2) is 5.26. The molecule has 0 aliphatic carbocycles. The number of aromatic nitrogens is 1. The molecule has 0 aromatic carbocycles. The molecule has 2 rings (SSSR count). The fraction of sp³-hybridized carbons (Fsp3) is 0.455. The number of carbonyl (C=O) groups excluding carboxylic acids is 2. The molecule has 0 atom stereocenters. The van der Waals surface area contributed by atoms with E-state index in [1.165, 1.54) is 0 Å². The van der Waals surface area contributed by atoms with Crippen LogP contribution in [0.4, 0.5) is 5.13 Å². The molecule has 0 unspecified atom stereocenters. The topological polar surface area (TPSA) is 87.6 Å². The van der Waals surface area contributed by atoms with Gasteiger partial charge < -0.3 is 5.11 Å². The minimum atomic E-state index is -0.986. The number of hydrogen-bond acceptors (Lipinski definition) is 5. The molecule has 1 aliphatic rings. The van der Waals surface area contributed by atoms with Crippen LogP contribution in [0.3, 0.4) is 0 Å². The van der Waals surface area contributed by atoms with Crippen molar-refractivity contribution in [2.45, 2.75) is 32.1 Å². The average molecular weight is 268 g/mol. The van der Waals surface area contributed by atoms with Crippen LogP contribution in [0.1, 0.15) is 31.4 Å². The van der Waals surface area contributed by atoms with Crippen LogP contribution in [0.15, 0.2) is 5.38 Å². The number of hydrogen-bond donors (Lipinski definition) is 1. The number of carboxylic acids is 1.